The van der Waals surface area contributed by atoms with Crippen LogP contribution in [0.3, 0.4) is 0 Å². The Morgan fingerprint density at radius 2 is 1.65 bits per heavy atom. The van der Waals surface area contributed by atoms with Crippen molar-refractivity contribution in [1.82, 2.24) is 31.5 Å². The van der Waals surface area contributed by atoms with Gasteiger partial charge in [0.2, 0.25) is 29.5 Å². The molecule has 0 radical (unpaired) electrons. The molecule has 57 heavy (non-hydrogen) atoms. The van der Waals surface area contributed by atoms with E-state index in [-0.39, 0.29) is 50.1 Å². The molecule has 3 aliphatic heterocycles. The highest BCUT2D eigenvalue weighted by atomic mass is 16.5. The van der Waals surface area contributed by atoms with E-state index in [9.17, 15) is 38.7 Å². The number of carbonyl (C=O) groups is 7. The van der Waals surface area contributed by atoms with Gasteiger partial charge in [0.05, 0.1) is 18.2 Å². The molecule has 14 N–H and O–H groups in total. The lowest BCUT2D eigenvalue weighted by molar-refractivity contribution is -0.137. The van der Waals surface area contributed by atoms with Gasteiger partial charge >= 0.3 is 0 Å². The number of nitrogens with one attached hydrogen (secondary N) is 5. The summed E-state index contributed by atoms with van der Waals surface area (Å²) in [5.41, 5.74) is 22.5. The first kappa shape index (κ1) is 45.9. The summed E-state index contributed by atoms with van der Waals surface area (Å²) in [6.45, 7) is 7.16. The van der Waals surface area contributed by atoms with Gasteiger partial charge in [-0.1, -0.05) is 46.2 Å². The zero-order chi connectivity index (χ0) is 42.4. The van der Waals surface area contributed by atoms with Crippen molar-refractivity contribution >= 4 is 47.3 Å². The van der Waals surface area contributed by atoms with Crippen molar-refractivity contribution in [2.75, 3.05) is 26.2 Å². The first-order valence-corrected chi connectivity index (χ1v) is 19.2. The zero-order valence-electron chi connectivity index (χ0n) is 33.0. The molecule has 3 heterocycles. The van der Waals surface area contributed by atoms with Crippen LogP contribution in [0.5, 0.6) is 5.75 Å². The Bertz CT molecular complexity index is 1620. The Hall–Kier alpha value is -5.50. The maximum atomic E-state index is 13.8. The summed E-state index contributed by atoms with van der Waals surface area (Å²) in [4.78, 5) is 97.2. The second kappa shape index (κ2) is 21.7. The summed E-state index contributed by atoms with van der Waals surface area (Å²) in [6.07, 6.45) is 0.551. The maximum Gasteiger partial charge on any atom is 0.258 e. The molecule has 1 aromatic rings. The largest absolute Gasteiger partial charge is 0.484 e. The molecule has 4 rings (SSSR count). The van der Waals surface area contributed by atoms with Crippen molar-refractivity contribution in [1.29, 1.82) is 0 Å². The van der Waals surface area contributed by atoms with E-state index in [2.05, 4.69) is 31.6 Å². The molecule has 0 unspecified atom stereocenters. The standard InChI is InChI=1S/C37H59N11O9/c1-5-20(4)29(35(55)45-28(19(2)3)31(38)51)46-34(54)25-9-7-15-48(25)17-26(49)24-16-21-10-12-22(13-11-21)57-18-27(50)43-23(8-6-14-42-37(40)41)33(53)47-30(32(39)52)36(56)44-24/h10-13,19-20,23-26,28-30,49H,5-9,14-18H2,1-4H3,(H2,38,51)(H2,39,52)(H,43,50)(H,44,56)(H,45,55)(H,46,54)(H,47,53)(H4,40,41,42)/t20-,23-,24-,25-,26-,28-,29-,30-/m0/s1. The van der Waals surface area contributed by atoms with Crippen LogP contribution in [0.4, 0.5) is 0 Å². The SMILES string of the molecule is CC[C@H](C)[C@H](NC(=O)[C@@H]1CCCN1C[C@H](O)[C@@H]1Cc2ccc(cc2)OCC(=O)N[C@@H](CCCN=C(N)N)C(=O)N[C@@H](C(N)=O)C(=O)N1)C(=O)N[C@H](C(N)=O)C(C)C. The van der Waals surface area contributed by atoms with Crippen LogP contribution in [0.1, 0.15) is 65.4 Å². The van der Waals surface area contributed by atoms with Gasteiger partial charge in [0.25, 0.3) is 11.8 Å². The summed E-state index contributed by atoms with van der Waals surface area (Å²) >= 11 is 0. The predicted molar refractivity (Wildman–Crippen MR) is 208 cm³/mol. The van der Waals surface area contributed by atoms with Gasteiger partial charge in [-0.05, 0) is 68.2 Å². The number of aliphatic imine (C=N–C) groups is 1. The number of aliphatic hydroxyl groups excluding tert-OH is 1. The number of amides is 7. The number of β-amino-alcohol motifs (C(OH)–C–C–N with tert-alkyl or cyclic N) is 1. The van der Waals surface area contributed by atoms with Gasteiger partial charge in [-0.25, -0.2) is 0 Å². The highest BCUT2D eigenvalue weighted by Crippen LogP contribution is 2.21. The first-order valence-electron chi connectivity index (χ1n) is 19.2. The number of nitrogens with zero attached hydrogens (tertiary/aromatic N) is 2. The first-order chi connectivity index (χ1) is 26.9. The van der Waals surface area contributed by atoms with Crippen molar-refractivity contribution < 1.29 is 43.4 Å². The summed E-state index contributed by atoms with van der Waals surface area (Å²) < 4.78 is 5.61. The second-order valence-corrected chi connectivity index (χ2v) is 14.9. The molecule has 316 valence electrons. The molecule has 2 bridgehead atoms. The van der Waals surface area contributed by atoms with E-state index in [0.717, 1.165) is 0 Å². The Kier molecular flexibility index (Phi) is 17.5. The monoisotopic (exact) mass is 801 g/mol. The molecule has 20 heteroatoms. The van der Waals surface area contributed by atoms with Crippen LogP contribution in [0.15, 0.2) is 29.3 Å². The fourth-order valence-corrected chi connectivity index (χ4v) is 6.66. The van der Waals surface area contributed by atoms with Crippen LogP contribution in [0.25, 0.3) is 0 Å². The van der Waals surface area contributed by atoms with Crippen molar-refractivity contribution in [2.45, 2.75) is 109 Å². The number of benzene rings is 1. The molecule has 0 aliphatic carbocycles. The normalized spacial score (nSPS) is 22.8. The van der Waals surface area contributed by atoms with Crippen LogP contribution < -0.4 is 54.3 Å². The van der Waals surface area contributed by atoms with Crippen molar-refractivity contribution in [3.05, 3.63) is 29.8 Å². The van der Waals surface area contributed by atoms with Crippen LogP contribution >= 0.6 is 0 Å². The summed E-state index contributed by atoms with van der Waals surface area (Å²) in [7, 11) is 0. The Morgan fingerprint density at radius 1 is 0.965 bits per heavy atom. The van der Waals surface area contributed by atoms with E-state index in [1.54, 1.807) is 49.9 Å². The minimum Gasteiger partial charge on any atom is -0.484 e. The van der Waals surface area contributed by atoms with Crippen molar-refractivity contribution in [3.63, 3.8) is 0 Å². The second-order valence-electron chi connectivity index (χ2n) is 14.9. The predicted octanol–water partition coefficient (Wildman–Crippen LogP) is -3.40. The van der Waals surface area contributed by atoms with Gasteiger partial charge in [-0.3, -0.25) is 43.5 Å². The lowest BCUT2D eigenvalue weighted by Gasteiger charge is -2.33. The molecule has 8 atom stereocenters. The average Bonchev–Trinajstić information content (AvgIpc) is 3.62. The molecule has 0 saturated carbocycles. The van der Waals surface area contributed by atoms with E-state index in [0.29, 0.717) is 37.1 Å². The van der Waals surface area contributed by atoms with Gasteiger partial charge in [0, 0.05) is 13.1 Å². The molecule has 3 aliphatic rings. The summed E-state index contributed by atoms with van der Waals surface area (Å²) in [6, 6.07) is -0.272. The Balaban J connectivity index is 1.85. The van der Waals surface area contributed by atoms with Crippen molar-refractivity contribution in [2.24, 2.45) is 39.8 Å². The molecule has 7 amide bonds. The van der Waals surface area contributed by atoms with E-state index in [4.69, 9.17) is 27.7 Å². The third-order valence-electron chi connectivity index (χ3n) is 10.1. The fourth-order valence-electron chi connectivity index (χ4n) is 6.66. The number of likely N-dealkylation sites (tertiary alicyclic amines) is 1. The molecule has 1 saturated heterocycles. The van der Waals surface area contributed by atoms with Gasteiger partial charge in [-0.2, -0.15) is 0 Å². The van der Waals surface area contributed by atoms with E-state index < -0.39 is 90.3 Å². The van der Waals surface area contributed by atoms with Crippen LogP contribution in [0.2, 0.25) is 0 Å². The topological polar surface area (TPSA) is 329 Å². The van der Waals surface area contributed by atoms with Crippen LogP contribution in [-0.4, -0.2) is 126 Å². The number of hydrogen-bond acceptors (Lipinski definition) is 11. The molecule has 1 fully saturated rings. The Labute approximate surface area is 332 Å². The lowest BCUT2D eigenvalue weighted by atomic mass is 9.96. The molecule has 1 aromatic carbocycles. The van der Waals surface area contributed by atoms with E-state index in [1.165, 1.54) is 0 Å². The number of nitrogens with two attached hydrogens (primary N) is 4. The number of fused-ring (bicyclic) bond motifs is 13. The number of primary amides is 2. The number of carbonyl (C=O) groups excluding carboxylic acids is 7. The molecule has 20 nitrogen and oxygen atoms in total. The quantitative estimate of drug-likeness (QED) is 0.0257. The third-order valence-corrected chi connectivity index (χ3v) is 10.1. The number of hydrogen-bond donors (Lipinski definition) is 10. The maximum absolute atomic E-state index is 13.8. The molecule has 0 spiro atoms. The smallest absolute Gasteiger partial charge is 0.258 e. The third kappa shape index (κ3) is 13.9. The number of aliphatic hydroxyl groups is 1. The molecular weight excluding hydrogens is 742 g/mol. The van der Waals surface area contributed by atoms with Crippen molar-refractivity contribution in [3.8, 4) is 5.75 Å². The average molecular weight is 802 g/mol. The van der Waals surface area contributed by atoms with Crippen LogP contribution in [-0.2, 0) is 40.0 Å². The number of ether oxygens (including phenoxy) is 1. The fraction of sp³-hybridized carbons (Fsp3) is 0.622. The number of rotatable bonds is 16. The number of guanidine groups is 1. The highest BCUT2D eigenvalue weighted by Gasteiger charge is 2.39. The summed E-state index contributed by atoms with van der Waals surface area (Å²) in [5.74, 6) is -5.81. The minimum absolute atomic E-state index is 0.0245. The lowest BCUT2D eigenvalue weighted by Crippen LogP contribution is -2.61. The molecule has 0 aromatic heterocycles. The Morgan fingerprint density at radius 3 is 2.25 bits per heavy atom. The van der Waals surface area contributed by atoms with Gasteiger partial charge in [0.15, 0.2) is 18.6 Å². The van der Waals surface area contributed by atoms with Gasteiger partial charge in [0.1, 0.15) is 23.9 Å². The minimum atomic E-state index is -1.89. The van der Waals surface area contributed by atoms with E-state index in [1.807, 2.05) is 6.92 Å². The van der Waals surface area contributed by atoms with Gasteiger partial charge < -0.3 is 59.4 Å². The van der Waals surface area contributed by atoms with E-state index >= 15 is 0 Å². The zero-order valence-corrected chi connectivity index (χ0v) is 33.0. The molecular formula is C37H59N11O9. The summed E-state index contributed by atoms with van der Waals surface area (Å²) in [5, 5.41) is 24.7. The van der Waals surface area contributed by atoms with Crippen LogP contribution in [0, 0.1) is 11.8 Å². The highest BCUT2D eigenvalue weighted by molar-refractivity contribution is 6.07. The van der Waals surface area contributed by atoms with Gasteiger partial charge in [-0.15, -0.1) is 0 Å².